The zero-order valence-corrected chi connectivity index (χ0v) is 27.5. The van der Waals surface area contributed by atoms with E-state index in [0.717, 1.165) is 38.3 Å². The Labute approximate surface area is 274 Å². The predicted molar refractivity (Wildman–Crippen MR) is 174 cm³/mol. The van der Waals surface area contributed by atoms with Gasteiger partial charge in [-0.3, -0.25) is 33.8 Å². The van der Waals surface area contributed by atoms with Crippen LogP contribution in [0, 0.1) is 23.7 Å². The molecule has 0 aromatic heterocycles. The first-order valence-electron chi connectivity index (χ1n) is 16.1. The molecule has 4 N–H and O–H groups in total. The van der Waals surface area contributed by atoms with Gasteiger partial charge in [-0.1, -0.05) is 24.3 Å². The van der Waals surface area contributed by atoms with E-state index in [4.69, 9.17) is 5.73 Å². The number of aliphatic hydroxyl groups is 1. The number of hydrogen-bond acceptors (Lipinski definition) is 11. The van der Waals surface area contributed by atoms with Gasteiger partial charge in [0, 0.05) is 64.0 Å². The van der Waals surface area contributed by atoms with Crippen LogP contribution in [-0.4, -0.2) is 127 Å². The maximum absolute atomic E-state index is 14.4. The third-order valence-electron chi connectivity index (χ3n) is 10.8. The van der Waals surface area contributed by atoms with Crippen LogP contribution in [-0.2, 0) is 32.1 Å². The Hall–Kier alpha value is -3.97. The number of amides is 1. The standard InChI is InChI=1S/C35H43N5O7/c1-37(2)24-16-21(19-8-6-18(7-9-19)17-40-12-10-39(5)11-13-40)29(41)26-22(24)14-20-15-23-28(38(3)4)31(43)27(34(36)46)33(45)35(23,47)32(44)25(20)30(26)42/h6-9,16,20,23,25,27-28,41,47H,10-15,17H2,1-5H3,(H2,36,46)/t20-,23-,25?,27?,28-,35-/m1/s1. The molecule has 4 aliphatic rings. The summed E-state index contributed by atoms with van der Waals surface area (Å²) in [5.74, 6) is -10.6. The summed E-state index contributed by atoms with van der Waals surface area (Å²) in [7, 11) is 8.92. The molecule has 2 unspecified atom stereocenters. The summed E-state index contributed by atoms with van der Waals surface area (Å²) in [6.07, 6.45) is 0.213. The number of likely N-dealkylation sites (N-methyl/N-ethyl adjacent to an activating group) is 2. The van der Waals surface area contributed by atoms with Crippen molar-refractivity contribution in [1.29, 1.82) is 0 Å². The number of nitrogens with two attached hydrogens (primary N) is 1. The van der Waals surface area contributed by atoms with Crippen molar-refractivity contribution in [2.75, 3.05) is 66.3 Å². The van der Waals surface area contributed by atoms with E-state index in [2.05, 4.69) is 16.8 Å². The molecule has 3 fully saturated rings. The fraction of sp³-hybridized carbons (Fsp3) is 0.514. The Morgan fingerprint density at radius 3 is 2.21 bits per heavy atom. The lowest BCUT2D eigenvalue weighted by atomic mass is 9.52. The first-order valence-corrected chi connectivity index (χ1v) is 16.1. The van der Waals surface area contributed by atoms with Crippen molar-refractivity contribution in [3.05, 3.63) is 47.0 Å². The molecule has 0 bridgehead atoms. The second-order valence-corrected chi connectivity index (χ2v) is 14.1. The Kier molecular flexibility index (Phi) is 8.36. The van der Waals surface area contributed by atoms with E-state index < -0.39 is 64.4 Å². The summed E-state index contributed by atoms with van der Waals surface area (Å²) in [5, 5.41) is 23.6. The monoisotopic (exact) mass is 645 g/mol. The molecule has 6 atom stereocenters. The molecule has 0 radical (unpaired) electrons. The van der Waals surface area contributed by atoms with E-state index in [9.17, 15) is 34.2 Å². The average molecular weight is 646 g/mol. The lowest BCUT2D eigenvalue weighted by molar-refractivity contribution is -0.181. The van der Waals surface area contributed by atoms with Crippen molar-refractivity contribution in [2.45, 2.75) is 31.0 Å². The quantitative estimate of drug-likeness (QED) is 0.371. The van der Waals surface area contributed by atoms with Crippen LogP contribution < -0.4 is 10.6 Å². The Balaban J connectivity index is 1.39. The second-order valence-electron chi connectivity index (χ2n) is 14.1. The second kappa shape index (κ2) is 11.9. The number of primary amides is 1. The highest BCUT2D eigenvalue weighted by Gasteiger charge is 2.69. The summed E-state index contributed by atoms with van der Waals surface area (Å²) in [6.45, 7) is 4.79. The Morgan fingerprint density at radius 1 is 1.00 bits per heavy atom. The number of piperazine rings is 1. The summed E-state index contributed by atoms with van der Waals surface area (Å²) >= 11 is 0. The molecule has 0 spiro atoms. The normalized spacial score (nSPS) is 29.8. The van der Waals surface area contributed by atoms with E-state index in [-0.39, 0.29) is 24.2 Å². The number of rotatable bonds is 6. The van der Waals surface area contributed by atoms with E-state index >= 15 is 0 Å². The van der Waals surface area contributed by atoms with Gasteiger partial charge < -0.3 is 25.7 Å². The molecule has 1 aliphatic heterocycles. The van der Waals surface area contributed by atoms with Crippen LogP contribution in [0.15, 0.2) is 30.3 Å². The number of phenolic OH excluding ortho intramolecular Hbond substituents is 1. The number of anilines is 1. The number of nitrogens with zero attached hydrogens (tertiary/aromatic N) is 4. The van der Waals surface area contributed by atoms with Gasteiger partial charge in [0.1, 0.15) is 5.75 Å². The van der Waals surface area contributed by atoms with Crippen LogP contribution in [0.3, 0.4) is 0 Å². The zero-order chi connectivity index (χ0) is 34.1. The van der Waals surface area contributed by atoms with Gasteiger partial charge in [-0.25, -0.2) is 0 Å². The lowest BCUT2D eigenvalue weighted by Crippen LogP contribution is -2.74. The maximum Gasteiger partial charge on any atom is 0.235 e. The summed E-state index contributed by atoms with van der Waals surface area (Å²) in [5.41, 5.74) is 6.16. The minimum absolute atomic E-state index is 0.00798. The minimum atomic E-state index is -2.76. The van der Waals surface area contributed by atoms with E-state index in [1.165, 1.54) is 4.90 Å². The zero-order valence-electron chi connectivity index (χ0n) is 27.5. The van der Waals surface area contributed by atoms with Crippen LogP contribution in [0.5, 0.6) is 5.75 Å². The molecule has 6 rings (SSSR count). The molecule has 12 heteroatoms. The van der Waals surface area contributed by atoms with Gasteiger partial charge in [-0.2, -0.15) is 0 Å². The molecule has 2 aromatic rings. The third-order valence-corrected chi connectivity index (χ3v) is 10.8. The highest BCUT2D eigenvalue weighted by atomic mass is 16.3. The summed E-state index contributed by atoms with van der Waals surface area (Å²) in [4.78, 5) is 75.8. The van der Waals surface area contributed by atoms with Gasteiger partial charge in [-0.15, -0.1) is 0 Å². The van der Waals surface area contributed by atoms with Gasteiger partial charge in [0.2, 0.25) is 5.91 Å². The van der Waals surface area contributed by atoms with Gasteiger partial charge in [0.25, 0.3) is 0 Å². The molecule has 1 heterocycles. The number of ketones is 4. The number of hydrogen-bond donors (Lipinski definition) is 3. The van der Waals surface area contributed by atoms with Crippen LogP contribution in [0.4, 0.5) is 5.69 Å². The number of carbonyl (C=O) groups is 5. The first kappa shape index (κ1) is 33.0. The van der Waals surface area contributed by atoms with E-state index in [1.54, 1.807) is 14.1 Å². The average Bonchev–Trinajstić information content (AvgIpc) is 3.00. The minimum Gasteiger partial charge on any atom is -0.507 e. The van der Waals surface area contributed by atoms with E-state index in [0.29, 0.717) is 22.4 Å². The first-order chi connectivity index (χ1) is 22.2. The molecular weight excluding hydrogens is 602 g/mol. The third kappa shape index (κ3) is 5.18. The van der Waals surface area contributed by atoms with Gasteiger partial charge in [0.15, 0.2) is 34.7 Å². The summed E-state index contributed by atoms with van der Waals surface area (Å²) < 4.78 is 0. The van der Waals surface area contributed by atoms with E-state index in [1.807, 2.05) is 49.3 Å². The number of aromatic hydroxyl groups is 1. The fourth-order valence-electron chi connectivity index (χ4n) is 8.33. The van der Waals surface area contributed by atoms with Crippen LogP contribution in [0.2, 0.25) is 0 Å². The van der Waals surface area contributed by atoms with Gasteiger partial charge >= 0.3 is 0 Å². The molecule has 3 aliphatic carbocycles. The van der Waals surface area contributed by atoms with Gasteiger partial charge in [-0.05, 0) is 62.7 Å². The molecule has 250 valence electrons. The smallest absolute Gasteiger partial charge is 0.235 e. The van der Waals surface area contributed by atoms with Crippen molar-refractivity contribution >= 4 is 34.7 Å². The topological polar surface area (TPSA) is 165 Å². The van der Waals surface area contributed by atoms with Gasteiger partial charge in [0.05, 0.1) is 17.5 Å². The molecular formula is C35H43N5O7. The van der Waals surface area contributed by atoms with Crippen molar-refractivity contribution in [2.24, 2.45) is 29.4 Å². The molecule has 1 saturated heterocycles. The number of phenols is 1. The number of Topliss-reactive ketones (excluding diaryl/α,β-unsaturated/α-hetero) is 4. The molecule has 47 heavy (non-hydrogen) atoms. The number of carbonyl (C=O) groups excluding carboxylic acids is 5. The number of fused-ring (bicyclic) bond motifs is 3. The van der Waals surface area contributed by atoms with Crippen molar-refractivity contribution in [3.8, 4) is 16.9 Å². The Bertz CT molecular complexity index is 1660. The highest BCUT2D eigenvalue weighted by molar-refractivity contribution is 6.32. The molecule has 12 nitrogen and oxygen atoms in total. The molecule has 2 aromatic carbocycles. The summed E-state index contributed by atoms with van der Waals surface area (Å²) in [6, 6.07) is 8.53. The number of benzene rings is 2. The molecule has 1 amide bonds. The highest BCUT2D eigenvalue weighted by Crippen LogP contribution is 2.53. The predicted octanol–water partition coefficient (Wildman–Crippen LogP) is 0.347. The van der Waals surface area contributed by atoms with Crippen molar-refractivity contribution in [1.82, 2.24) is 14.7 Å². The lowest BCUT2D eigenvalue weighted by Gasteiger charge is -2.52. The van der Waals surface area contributed by atoms with Crippen molar-refractivity contribution in [3.63, 3.8) is 0 Å². The SMILES string of the molecule is CN1CCN(Cc2ccc(-c3cc(N(C)C)c4c(c3O)C(=O)C3C(=O)[C@@]5(O)C(=O)C(C(N)=O)C(=O)[C@H](N(C)C)[C@H]5C[C@H]3C4)cc2)CC1. The van der Waals surface area contributed by atoms with Crippen molar-refractivity contribution < 1.29 is 34.2 Å². The van der Waals surface area contributed by atoms with Crippen LogP contribution in [0.25, 0.3) is 11.1 Å². The maximum atomic E-state index is 14.4. The van der Waals surface area contributed by atoms with Crippen LogP contribution in [0.1, 0.15) is 27.9 Å². The largest absolute Gasteiger partial charge is 0.507 e. The molecule has 2 saturated carbocycles. The Morgan fingerprint density at radius 2 is 1.64 bits per heavy atom. The van der Waals surface area contributed by atoms with Crippen LogP contribution >= 0.6 is 0 Å². The fourth-order valence-corrected chi connectivity index (χ4v) is 8.33.